The van der Waals surface area contributed by atoms with Gasteiger partial charge in [0.05, 0.1) is 0 Å². The number of carbonyl (C=O) groups excluding carboxylic acids is 1. The molecule has 0 bridgehead atoms. The maximum absolute atomic E-state index is 12.3. The van der Waals surface area contributed by atoms with Gasteiger partial charge in [0.1, 0.15) is 0 Å². The Labute approximate surface area is 119 Å². The number of hydrogen-bond acceptors (Lipinski definition) is 2. The van der Waals surface area contributed by atoms with Crippen molar-refractivity contribution in [1.82, 2.24) is 4.90 Å². The molecule has 0 spiro atoms. The molecule has 0 saturated carbocycles. The minimum atomic E-state index is 0. The number of carbonyl (C=O) groups is 1. The zero-order valence-corrected chi connectivity index (χ0v) is 11.9. The summed E-state index contributed by atoms with van der Waals surface area (Å²) in [7, 11) is 0. The normalized spacial score (nSPS) is 18.6. The third-order valence-corrected chi connectivity index (χ3v) is 3.74. The molecule has 18 heavy (non-hydrogen) atoms. The van der Waals surface area contributed by atoms with Crippen LogP contribution in [0.2, 0.25) is 5.02 Å². The Morgan fingerprint density at radius 1 is 1.56 bits per heavy atom. The summed E-state index contributed by atoms with van der Waals surface area (Å²) in [5, 5.41) is 0.638. The molecule has 1 heterocycles. The van der Waals surface area contributed by atoms with E-state index in [1.54, 1.807) is 6.07 Å². The van der Waals surface area contributed by atoms with E-state index in [4.69, 9.17) is 17.3 Å². The van der Waals surface area contributed by atoms with Crippen LogP contribution in [0.3, 0.4) is 0 Å². The number of nitrogens with two attached hydrogens (primary N) is 1. The Hall–Kier alpha value is -0.770. The molecule has 1 aliphatic heterocycles. The number of nitrogens with zero attached hydrogens (tertiary/aromatic N) is 1. The smallest absolute Gasteiger partial charge is 0.254 e. The fourth-order valence-electron chi connectivity index (χ4n) is 2.24. The van der Waals surface area contributed by atoms with Crippen molar-refractivity contribution in [3.8, 4) is 0 Å². The summed E-state index contributed by atoms with van der Waals surface area (Å²) in [5.74, 6) is 0.0415. The van der Waals surface area contributed by atoms with Crippen LogP contribution in [0.4, 0.5) is 0 Å². The van der Waals surface area contributed by atoms with E-state index in [1.807, 2.05) is 24.0 Å². The first kappa shape index (κ1) is 15.3. The first-order valence-electron chi connectivity index (χ1n) is 5.90. The lowest BCUT2D eigenvalue weighted by molar-refractivity contribution is 0.0741. The van der Waals surface area contributed by atoms with Crippen molar-refractivity contribution < 1.29 is 4.79 Å². The summed E-state index contributed by atoms with van der Waals surface area (Å²) in [5.41, 5.74) is 7.31. The molecule has 0 aromatic heterocycles. The number of rotatable bonds is 2. The van der Waals surface area contributed by atoms with E-state index >= 15 is 0 Å². The molecule has 1 saturated heterocycles. The van der Waals surface area contributed by atoms with E-state index < -0.39 is 0 Å². The van der Waals surface area contributed by atoms with Gasteiger partial charge in [-0.25, -0.2) is 0 Å². The zero-order valence-electron chi connectivity index (χ0n) is 10.4. The molecule has 1 unspecified atom stereocenters. The van der Waals surface area contributed by atoms with Crippen LogP contribution >= 0.6 is 24.0 Å². The van der Waals surface area contributed by atoms with Crippen molar-refractivity contribution in [2.75, 3.05) is 13.1 Å². The average Bonchev–Trinajstić information content (AvgIpc) is 2.80. The van der Waals surface area contributed by atoms with Crippen LogP contribution in [0.1, 0.15) is 28.8 Å². The molecule has 2 rings (SSSR count). The van der Waals surface area contributed by atoms with Crippen molar-refractivity contribution in [3.05, 3.63) is 34.3 Å². The Morgan fingerprint density at radius 3 is 2.89 bits per heavy atom. The molecule has 1 aliphatic rings. The molecule has 1 aromatic carbocycles. The van der Waals surface area contributed by atoms with Gasteiger partial charge in [0, 0.05) is 29.7 Å². The van der Waals surface area contributed by atoms with Crippen LogP contribution in [0, 0.1) is 6.92 Å². The van der Waals surface area contributed by atoms with E-state index in [0.717, 1.165) is 24.9 Å². The highest BCUT2D eigenvalue weighted by Crippen LogP contribution is 2.22. The van der Waals surface area contributed by atoms with Crippen LogP contribution < -0.4 is 5.73 Å². The van der Waals surface area contributed by atoms with Crippen molar-refractivity contribution in [2.24, 2.45) is 5.73 Å². The van der Waals surface area contributed by atoms with E-state index in [9.17, 15) is 4.79 Å². The maximum atomic E-state index is 12.3. The molecular weight excluding hydrogens is 271 g/mol. The lowest BCUT2D eigenvalue weighted by Crippen LogP contribution is -2.39. The molecule has 1 atom stereocenters. The molecule has 1 aromatic rings. The number of likely N-dealkylation sites (tertiary alicyclic amines) is 1. The molecule has 0 aliphatic carbocycles. The van der Waals surface area contributed by atoms with E-state index in [1.165, 1.54) is 0 Å². The van der Waals surface area contributed by atoms with Crippen LogP contribution in [0.25, 0.3) is 0 Å². The number of amides is 1. The van der Waals surface area contributed by atoms with Gasteiger partial charge >= 0.3 is 0 Å². The van der Waals surface area contributed by atoms with Gasteiger partial charge < -0.3 is 10.6 Å². The van der Waals surface area contributed by atoms with Gasteiger partial charge in [-0.2, -0.15) is 0 Å². The van der Waals surface area contributed by atoms with Crippen molar-refractivity contribution in [2.45, 2.75) is 25.8 Å². The third kappa shape index (κ3) is 2.97. The van der Waals surface area contributed by atoms with Crippen molar-refractivity contribution in [1.29, 1.82) is 0 Å². The maximum Gasteiger partial charge on any atom is 0.254 e. The third-order valence-electron chi connectivity index (χ3n) is 3.33. The standard InChI is InChI=1S/C13H17ClN2O.ClH/c1-9-4-5-10(7-12(9)14)13(17)16-6-2-3-11(16)8-15;/h4-5,7,11H,2-3,6,8,15H2,1H3;1H. The SMILES string of the molecule is Cc1ccc(C(=O)N2CCCC2CN)cc1Cl.Cl. The quantitative estimate of drug-likeness (QED) is 0.909. The first-order valence-corrected chi connectivity index (χ1v) is 6.28. The summed E-state index contributed by atoms with van der Waals surface area (Å²) >= 11 is 6.04. The summed E-state index contributed by atoms with van der Waals surface area (Å²) in [4.78, 5) is 14.2. The second kappa shape index (κ2) is 6.41. The first-order chi connectivity index (χ1) is 8.13. The predicted octanol–water partition coefficient (Wildman–Crippen LogP) is 2.63. The molecule has 5 heteroatoms. The van der Waals surface area contributed by atoms with Gasteiger partial charge in [-0.15, -0.1) is 12.4 Å². The van der Waals surface area contributed by atoms with Gasteiger partial charge in [-0.05, 0) is 37.5 Å². The Bertz CT molecular complexity index is 437. The van der Waals surface area contributed by atoms with Crippen LogP contribution in [0.15, 0.2) is 18.2 Å². The fourth-order valence-corrected chi connectivity index (χ4v) is 2.42. The van der Waals surface area contributed by atoms with E-state index in [-0.39, 0.29) is 24.4 Å². The van der Waals surface area contributed by atoms with Gasteiger partial charge in [0.25, 0.3) is 5.91 Å². The Kier molecular flexibility index (Phi) is 5.45. The Morgan fingerprint density at radius 2 is 2.28 bits per heavy atom. The fraction of sp³-hybridized carbons (Fsp3) is 0.462. The molecule has 0 radical (unpaired) electrons. The van der Waals surface area contributed by atoms with E-state index in [2.05, 4.69) is 0 Å². The molecule has 1 fully saturated rings. The van der Waals surface area contributed by atoms with E-state index in [0.29, 0.717) is 17.1 Å². The largest absolute Gasteiger partial charge is 0.334 e. The topological polar surface area (TPSA) is 46.3 Å². The summed E-state index contributed by atoms with van der Waals surface area (Å²) < 4.78 is 0. The molecule has 2 N–H and O–H groups in total. The van der Waals surface area contributed by atoms with Crippen LogP contribution in [0.5, 0.6) is 0 Å². The minimum absolute atomic E-state index is 0. The van der Waals surface area contributed by atoms with Gasteiger partial charge in [-0.3, -0.25) is 4.79 Å². The highest BCUT2D eigenvalue weighted by Gasteiger charge is 2.28. The summed E-state index contributed by atoms with van der Waals surface area (Å²) in [6.07, 6.45) is 2.04. The van der Waals surface area contributed by atoms with Crippen LogP contribution in [-0.2, 0) is 0 Å². The summed E-state index contributed by atoms with van der Waals surface area (Å²) in [6, 6.07) is 5.63. The lowest BCUT2D eigenvalue weighted by atomic mass is 10.1. The lowest BCUT2D eigenvalue weighted by Gasteiger charge is -2.23. The molecular formula is C13H18Cl2N2O. The van der Waals surface area contributed by atoms with Gasteiger partial charge in [0.2, 0.25) is 0 Å². The number of aryl methyl sites for hydroxylation is 1. The summed E-state index contributed by atoms with van der Waals surface area (Å²) in [6.45, 7) is 3.26. The highest BCUT2D eigenvalue weighted by atomic mass is 35.5. The van der Waals surface area contributed by atoms with Gasteiger partial charge in [0.15, 0.2) is 0 Å². The average molecular weight is 289 g/mol. The number of halogens is 2. The monoisotopic (exact) mass is 288 g/mol. The minimum Gasteiger partial charge on any atom is -0.334 e. The second-order valence-corrected chi connectivity index (χ2v) is 4.90. The predicted molar refractivity (Wildman–Crippen MR) is 76.5 cm³/mol. The Balaban J connectivity index is 0.00000162. The van der Waals surface area contributed by atoms with Gasteiger partial charge in [-0.1, -0.05) is 17.7 Å². The molecule has 1 amide bonds. The second-order valence-electron chi connectivity index (χ2n) is 4.49. The van der Waals surface area contributed by atoms with Crippen molar-refractivity contribution in [3.63, 3.8) is 0 Å². The number of benzene rings is 1. The molecule has 3 nitrogen and oxygen atoms in total. The highest BCUT2D eigenvalue weighted by molar-refractivity contribution is 6.31. The van der Waals surface area contributed by atoms with Crippen molar-refractivity contribution >= 4 is 29.9 Å². The zero-order chi connectivity index (χ0) is 12.4. The van der Waals surface area contributed by atoms with Crippen LogP contribution in [-0.4, -0.2) is 29.9 Å². The molecule has 100 valence electrons. The number of hydrogen-bond donors (Lipinski definition) is 1.